The van der Waals surface area contributed by atoms with Crippen LogP contribution in [0.2, 0.25) is 0 Å². The molecule has 0 fully saturated rings. The lowest BCUT2D eigenvalue weighted by Crippen LogP contribution is -2.14. The third-order valence-electron chi connectivity index (χ3n) is 2.41. The van der Waals surface area contributed by atoms with Gasteiger partial charge in [-0.25, -0.2) is 0 Å². The molecule has 4 nitrogen and oxygen atoms in total. The molecule has 1 aromatic carbocycles. The number of hydrogen-bond donors (Lipinski definition) is 0. The minimum absolute atomic E-state index is 0.0973. The Morgan fingerprint density at radius 3 is 2.67 bits per heavy atom. The molecule has 18 heavy (non-hydrogen) atoms. The van der Waals surface area contributed by atoms with Gasteiger partial charge in [0.2, 0.25) is 0 Å². The summed E-state index contributed by atoms with van der Waals surface area (Å²) in [5.41, 5.74) is -0.0973. The molecule has 0 amide bonds. The van der Waals surface area contributed by atoms with Crippen LogP contribution in [0.25, 0.3) is 0 Å². The van der Waals surface area contributed by atoms with Crippen LogP contribution >= 0.6 is 15.9 Å². The molecule has 1 heterocycles. The molecule has 0 aliphatic rings. The van der Waals surface area contributed by atoms with Crippen LogP contribution in [0, 0.1) is 0 Å². The molecule has 94 valence electrons. The molecule has 0 aliphatic heterocycles. The number of aryl methyl sites for hydroxylation is 1. The maximum absolute atomic E-state index is 11.4. The first kappa shape index (κ1) is 12.7. The first-order valence-electron chi connectivity index (χ1n) is 5.28. The third kappa shape index (κ3) is 2.73. The van der Waals surface area contributed by atoms with Crippen molar-refractivity contribution in [3.8, 4) is 17.2 Å². The van der Waals surface area contributed by atoms with Gasteiger partial charge in [-0.3, -0.25) is 4.79 Å². The molecule has 0 unspecified atom stereocenters. The molecular weight excluding hydrogens is 298 g/mol. The Morgan fingerprint density at radius 2 is 1.94 bits per heavy atom. The van der Waals surface area contributed by atoms with Crippen LogP contribution in [0.3, 0.4) is 0 Å². The predicted molar refractivity (Wildman–Crippen MR) is 72.5 cm³/mol. The second kappa shape index (κ2) is 5.27. The Balaban J connectivity index is 2.33. The topological polar surface area (TPSA) is 40.5 Å². The summed E-state index contributed by atoms with van der Waals surface area (Å²) in [7, 11) is 3.27. The maximum Gasteiger partial charge on any atom is 0.251 e. The lowest BCUT2D eigenvalue weighted by Gasteiger charge is -2.09. The number of pyridine rings is 1. The SMILES string of the molecule is COc1cccc(Oc2cn(C)c(=O)cc2Br)c1. The van der Waals surface area contributed by atoms with E-state index in [-0.39, 0.29) is 5.56 Å². The first-order chi connectivity index (χ1) is 8.60. The molecule has 0 bridgehead atoms. The molecule has 0 saturated heterocycles. The standard InChI is InChI=1S/C13H12BrNO3/c1-15-8-12(11(14)7-13(15)16)18-10-5-3-4-9(6-10)17-2/h3-8H,1-2H3. The number of hydrogen-bond acceptors (Lipinski definition) is 3. The zero-order chi connectivity index (χ0) is 13.1. The van der Waals surface area contributed by atoms with E-state index in [2.05, 4.69) is 15.9 Å². The average molecular weight is 310 g/mol. The summed E-state index contributed by atoms with van der Waals surface area (Å²) >= 11 is 3.30. The van der Waals surface area contributed by atoms with Crippen LogP contribution in [-0.4, -0.2) is 11.7 Å². The van der Waals surface area contributed by atoms with Gasteiger partial charge >= 0.3 is 0 Å². The van der Waals surface area contributed by atoms with Crippen molar-refractivity contribution in [1.29, 1.82) is 0 Å². The highest BCUT2D eigenvalue weighted by Crippen LogP contribution is 2.29. The third-order valence-corrected chi connectivity index (χ3v) is 3.03. The minimum Gasteiger partial charge on any atom is -0.497 e. The second-order valence-electron chi connectivity index (χ2n) is 3.72. The van der Waals surface area contributed by atoms with Crippen molar-refractivity contribution in [3.05, 3.63) is 51.4 Å². The Bertz CT molecular complexity index is 622. The number of methoxy groups -OCH3 is 1. The van der Waals surface area contributed by atoms with Crippen molar-refractivity contribution >= 4 is 15.9 Å². The van der Waals surface area contributed by atoms with Gasteiger partial charge in [-0.1, -0.05) is 6.07 Å². The molecule has 0 radical (unpaired) electrons. The van der Waals surface area contributed by atoms with E-state index < -0.39 is 0 Å². The Hall–Kier alpha value is -1.75. The fourth-order valence-corrected chi connectivity index (χ4v) is 1.83. The van der Waals surface area contributed by atoms with Gasteiger partial charge in [0.05, 0.1) is 17.8 Å². The fraction of sp³-hybridized carbons (Fsp3) is 0.154. The summed E-state index contributed by atoms with van der Waals surface area (Å²) < 4.78 is 12.9. The van der Waals surface area contributed by atoms with Crippen molar-refractivity contribution in [1.82, 2.24) is 4.57 Å². The van der Waals surface area contributed by atoms with Gasteiger partial charge in [-0.05, 0) is 28.1 Å². The minimum atomic E-state index is -0.0973. The molecule has 0 spiro atoms. The summed E-state index contributed by atoms with van der Waals surface area (Å²) in [6, 6.07) is 8.74. The van der Waals surface area contributed by atoms with Crippen LogP contribution in [0.1, 0.15) is 0 Å². The van der Waals surface area contributed by atoms with E-state index in [0.717, 1.165) is 0 Å². The highest BCUT2D eigenvalue weighted by molar-refractivity contribution is 9.10. The van der Waals surface area contributed by atoms with E-state index in [1.54, 1.807) is 26.4 Å². The zero-order valence-electron chi connectivity index (χ0n) is 10.0. The van der Waals surface area contributed by atoms with E-state index in [4.69, 9.17) is 9.47 Å². The molecule has 0 aliphatic carbocycles. The van der Waals surface area contributed by atoms with E-state index in [0.29, 0.717) is 21.7 Å². The van der Waals surface area contributed by atoms with Crippen LogP contribution in [0.15, 0.2) is 45.8 Å². The number of ether oxygens (including phenoxy) is 2. The summed E-state index contributed by atoms with van der Waals surface area (Å²) in [5.74, 6) is 1.94. The highest BCUT2D eigenvalue weighted by atomic mass is 79.9. The van der Waals surface area contributed by atoms with Gasteiger partial charge in [0.15, 0.2) is 5.75 Å². The van der Waals surface area contributed by atoms with Crippen molar-refractivity contribution < 1.29 is 9.47 Å². The lowest BCUT2D eigenvalue weighted by molar-refractivity contribution is 0.408. The number of halogens is 1. The van der Waals surface area contributed by atoms with Crippen molar-refractivity contribution in [2.24, 2.45) is 7.05 Å². The highest BCUT2D eigenvalue weighted by Gasteiger charge is 2.06. The average Bonchev–Trinajstić information content (AvgIpc) is 2.36. The monoisotopic (exact) mass is 309 g/mol. The van der Waals surface area contributed by atoms with E-state index in [9.17, 15) is 4.79 Å². The van der Waals surface area contributed by atoms with Gasteiger partial charge in [0.1, 0.15) is 11.5 Å². The Labute approximate surface area is 113 Å². The smallest absolute Gasteiger partial charge is 0.251 e. The van der Waals surface area contributed by atoms with E-state index in [1.807, 2.05) is 18.2 Å². The van der Waals surface area contributed by atoms with Gasteiger partial charge in [-0.2, -0.15) is 0 Å². The molecule has 5 heteroatoms. The van der Waals surface area contributed by atoms with Crippen LogP contribution in [0.4, 0.5) is 0 Å². The molecule has 2 rings (SSSR count). The molecule has 2 aromatic rings. The fourth-order valence-electron chi connectivity index (χ4n) is 1.45. The maximum atomic E-state index is 11.4. The Kier molecular flexibility index (Phi) is 3.72. The molecule has 0 atom stereocenters. The van der Waals surface area contributed by atoms with Gasteiger partial charge in [-0.15, -0.1) is 0 Å². The van der Waals surface area contributed by atoms with E-state index >= 15 is 0 Å². The predicted octanol–water partition coefficient (Wildman–Crippen LogP) is 2.95. The number of aromatic nitrogens is 1. The van der Waals surface area contributed by atoms with Gasteiger partial charge in [0, 0.05) is 19.2 Å². The Morgan fingerprint density at radius 1 is 1.22 bits per heavy atom. The van der Waals surface area contributed by atoms with Gasteiger partial charge < -0.3 is 14.0 Å². The molecule has 1 aromatic heterocycles. The molecule has 0 N–H and O–H groups in total. The summed E-state index contributed by atoms with van der Waals surface area (Å²) in [6.45, 7) is 0. The van der Waals surface area contributed by atoms with Crippen LogP contribution in [-0.2, 0) is 7.05 Å². The van der Waals surface area contributed by atoms with Crippen LogP contribution < -0.4 is 15.0 Å². The number of nitrogens with zero attached hydrogens (tertiary/aromatic N) is 1. The van der Waals surface area contributed by atoms with Gasteiger partial charge in [0.25, 0.3) is 5.56 Å². The summed E-state index contributed by atoms with van der Waals surface area (Å²) in [5, 5.41) is 0. The zero-order valence-corrected chi connectivity index (χ0v) is 11.6. The lowest BCUT2D eigenvalue weighted by atomic mass is 10.3. The molecular formula is C13H12BrNO3. The normalized spacial score (nSPS) is 10.2. The number of benzene rings is 1. The molecule has 0 saturated carbocycles. The first-order valence-corrected chi connectivity index (χ1v) is 6.07. The van der Waals surface area contributed by atoms with Crippen molar-refractivity contribution in [3.63, 3.8) is 0 Å². The second-order valence-corrected chi connectivity index (χ2v) is 4.57. The summed E-state index contributed by atoms with van der Waals surface area (Å²) in [6.07, 6.45) is 1.63. The van der Waals surface area contributed by atoms with Crippen molar-refractivity contribution in [2.45, 2.75) is 0 Å². The quantitative estimate of drug-likeness (QED) is 0.875. The largest absolute Gasteiger partial charge is 0.497 e. The number of rotatable bonds is 3. The van der Waals surface area contributed by atoms with E-state index in [1.165, 1.54) is 10.6 Å². The summed E-state index contributed by atoms with van der Waals surface area (Å²) in [4.78, 5) is 11.4. The van der Waals surface area contributed by atoms with Crippen molar-refractivity contribution in [2.75, 3.05) is 7.11 Å². The van der Waals surface area contributed by atoms with Crippen LogP contribution in [0.5, 0.6) is 17.2 Å².